The molecule has 0 radical (unpaired) electrons. The third kappa shape index (κ3) is 3.57. The molecule has 1 N–H and O–H groups in total. The van der Waals surface area contributed by atoms with Crippen molar-refractivity contribution in [3.8, 4) is 5.69 Å². The Morgan fingerprint density at radius 3 is 2.35 bits per heavy atom. The summed E-state index contributed by atoms with van der Waals surface area (Å²) < 4.78 is 30.0. The fraction of sp³-hybridized carbons (Fsp3) is 0.250. The molecule has 1 aromatic heterocycles. The Balaban J connectivity index is 1.87. The molecule has 5 nitrogen and oxygen atoms in total. The van der Waals surface area contributed by atoms with Gasteiger partial charge in [-0.3, -0.25) is 0 Å². The third-order valence-corrected chi connectivity index (χ3v) is 6.06. The van der Waals surface area contributed by atoms with E-state index in [0.29, 0.717) is 4.90 Å². The van der Waals surface area contributed by atoms with Crippen LogP contribution < -0.4 is 4.72 Å². The predicted octanol–water partition coefficient (Wildman–Crippen LogP) is 3.58. The summed E-state index contributed by atoms with van der Waals surface area (Å²) in [5, 5.41) is 4.56. The van der Waals surface area contributed by atoms with Crippen LogP contribution in [0.15, 0.2) is 53.4 Å². The molecule has 3 aromatic rings. The van der Waals surface area contributed by atoms with E-state index >= 15 is 0 Å². The standard InChI is InChI=1S/C20H23N3O2S/c1-14-10-11-20(15(2)12-14)26(24,25)21-13-19-16(3)22-23(17(19)4)18-8-6-5-7-9-18/h5-12,21H,13H2,1-4H3. The smallest absolute Gasteiger partial charge is 0.238 e. The zero-order valence-corrected chi connectivity index (χ0v) is 16.3. The molecule has 1 heterocycles. The topological polar surface area (TPSA) is 64.0 Å². The minimum absolute atomic E-state index is 0.208. The number of benzene rings is 2. The van der Waals surface area contributed by atoms with Gasteiger partial charge in [-0.25, -0.2) is 17.8 Å². The van der Waals surface area contributed by atoms with Crippen molar-refractivity contribution in [2.45, 2.75) is 39.1 Å². The molecule has 2 aromatic carbocycles. The number of aryl methyl sites for hydroxylation is 3. The number of nitrogens with one attached hydrogen (secondary N) is 1. The van der Waals surface area contributed by atoms with Crippen LogP contribution in [0.2, 0.25) is 0 Å². The second-order valence-electron chi connectivity index (χ2n) is 6.49. The molecule has 0 saturated carbocycles. The second kappa shape index (κ2) is 7.05. The summed E-state index contributed by atoms with van der Waals surface area (Å²) in [5.41, 5.74) is 5.37. The summed E-state index contributed by atoms with van der Waals surface area (Å²) >= 11 is 0. The fourth-order valence-electron chi connectivity index (χ4n) is 3.10. The molecule has 0 bridgehead atoms. The number of hydrogen-bond acceptors (Lipinski definition) is 3. The molecular formula is C20H23N3O2S. The lowest BCUT2D eigenvalue weighted by atomic mass is 10.2. The molecule has 26 heavy (non-hydrogen) atoms. The third-order valence-electron chi connectivity index (χ3n) is 4.50. The largest absolute Gasteiger partial charge is 0.241 e. The van der Waals surface area contributed by atoms with Crippen molar-refractivity contribution < 1.29 is 8.42 Å². The normalized spacial score (nSPS) is 11.7. The highest BCUT2D eigenvalue weighted by Gasteiger charge is 2.19. The van der Waals surface area contributed by atoms with Crippen LogP contribution in [-0.4, -0.2) is 18.2 Å². The van der Waals surface area contributed by atoms with Gasteiger partial charge in [0.25, 0.3) is 0 Å². The van der Waals surface area contributed by atoms with Gasteiger partial charge < -0.3 is 0 Å². The Kier molecular flexibility index (Phi) is 4.98. The van der Waals surface area contributed by atoms with Crippen LogP contribution in [-0.2, 0) is 16.6 Å². The van der Waals surface area contributed by atoms with Crippen LogP contribution in [0.5, 0.6) is 0 Å². The van der Waals surface area contributed by atoms with Gasteiger partial charge in [0.1, 0.15) is 0 Å². The molecule has 136 valence electrons. The van der Waals surface area contributed by atoms with Crippen LogP contribution >= 0.6 is 0 Å². The molecular weight excluding hydrogens is 346 g/mol. The van der Waals surface area contributed by atoms with Gasteiger partial charge in [0.2, 0.25) is 10.0 Å². The second-order valence-corrected chi connectivity index (χ2v) is 8.23. The summed E-state index contributed by atoms with van der Waals surface area (Å²) in [4.78, 5) is 0.314. The number of para-hydroxylation sites is 1. The number of nitrogens with zero attached hydrogens (tertiary/aromatic N) is 2. The summed E-state index contributed by atoms with van der Waals surface area (Å²) in [5.74, 6) is 0. The quantitative estimate of drug-likeness (QED) is 0.748. The van der Waals surface area contributed by atoms with Gasteiger partial charge in [0.05, 0.1) is 16.3 Å². The van der Waals surface area contributed by atoms with Gasteiger partial charge in [-0.05, 0) is 51.5 Å². The van der Waals surface area contributed by atoms with Gasteiger partial charge in [0, 0.05) is 17.8 Å². The average Bonchev–Trinajstić information content (AvgIpc) is 2.88. The summed E-state index contributed by atoms with van der Waals surface area (Å²) in [7, 11) is -3.58. The first kappa shape index (κ1) is 18.4. The molecule has 0 aliphatic rings. The van der Waals surface area contributed by atoms with Crippen molar-refractivity contribution >= 4 is 10.0 Å². The Bertz CT molecular complexity index is 1040. The van der Waals surface area contributed by atoms with Crippen molar-refractivity contribution in [1.29, 1.82) is 0 Å². The molecule has 3 rings (SSSR count). The van der Waals surface area contributed by atoms with Crippen molar-refractivity contribution in [2.75, 3.05) is 0 Å². The van der Waals surface area contributed by atoms with Crippen LogP contribution in [0.25, 0.3) is 5.69 Å². The van der Waals surface area contributed by atoms with Crippen molar-refractivity contribution in [3.63, 3.8) is 0 Å². The number of aromatic nitrogens is 2. The Labute approximate surface area is 154 Å². The van der Waals surface area contributed by atoms with Gasteiger partial charge in [0.15, 0.2) is 0 Å². The van der Waals surface area contributed by atoms with E-state index in [4.69, 9.17) is 0 Å². The summed E-state index contributed by atoms with van der Waals surface area (Å²) in [6.45, 7) is 7.81. The maximum absolute atomic E-state index is 12.7. The Hall–Kier alpha value is -2.44. The molecule has 0 saturated heterocycles. The zero-order valence-electron chi connectivity index (χ0n) is 15.4. The zero-order chi connectivity index (χ0) is 18.9. The first-order chi connectivity index (χ1) is 12.3. The van der Waals surface area contributed by atoms with E-state index in [1.807, 2.05) is 74.8 Å². The Morgan fingerprint density at radius 1 is 1.00 bits per heavy atom. The maximum atomic E-state index is 12.7. The van der Waals surface area contributed by atoms with E-state index in [1.54, 1.807) is 6.07 Å². The molecule has 0 aliphatic heterocycles. The highest BCUT2D eigenvalue weighted by atomic mass is 32.2. The molecule has 0 spiro atoms. The lowest BCUT2D eigenvalue weighted by Gasteiger charge is -2.10. The van der Waals surface area contributed by atoms with E-state index in [1.165, 1.54) is 0 Å². The predicted molar refractivity (Wildman–Crippen MR) is 103 cm³/mol. The van der Waals surface area contributed by atoms with Crippen molar-refractivity contribution in [2.24, 2.45) is 0 Å². The SMILES string of the molecule is Cc1ccc(S(=O)(=O)NCc2c(C)nn(-c3ccccc3)c2C)c(C)c1. The molecule has 0 aliphatic carbocycles. The van der Waals surface area contributed by atoms with Crippen LogP contribution in [0.1, 0.15) is 28.1 Å². The van der Waals surface area contributed by atoms with E-state index in [0.717, 1.165) is 33.8 Å². The number of sulfonamides is 1. The first-order valence-corrected chi connectivity index (χ1v) is 9.95. The molecule has 6 heteroatoms. The lowest BCUT2D eigenvalue weighted by molar-refractivity contribution is 0.580. The van der Waals surface area contributed by atoms with Gasteiger partial charge in [-0.15, -0.1) is 0 Å². The van der Waals surface area contributed by atoms with Crippen molar-refractivity contribution in [1.82, 2.24) is 14.5 Å². The van der Waals surface area contributed by atoms with Crippen LogP contribution in [0.4, 0.5) is 0 Å². The molecule has 0 fully saturated rings. The molecule has 0 amide bonds. The lowest BCUT2D eigenvalue weighted by Crippen LogP contribution is -2.24. The number of rotatable bonds is 5. The van der Waals surface area contributed by atoms with Crippen molar-refractivity contribution in [3.05, 3.63) is 76.6 Å². The minimum Gasteiger partial charge on any atom is -0.238 e. The van der Waals surface area contributed by atoms with E-state index in [-0.39, 0.29) is 6.54 Å². The van der Waals surface area contributed by atoms with Gasteiger partial charge in [-0.2, -0.15) is 5.10 Å². The molecule has 0 unspecified atom stereocenters. The first-order valence-electron chi connectivity index (χ1n) is 8.47. The van der Waals surface area contributed by atoms with E-state index in [9.17, 15) is 8.42 Å². The minimum atomic E-state index is -3.58. The molecule has 0 atom stereocenters. The van der Waals surface area contributed by atoms with Gasteiger partial charge in [-0.1, -0.05) is 35.9 Å². The summed E-state index contributed by atoms with van der Waals surface area (Å²) in [6, 6.07) is 15.1. The maximum Gasteiger partial charge on any atom is 0.241 e. The van der Waals surface area contributed by atoms with Gasteiger partial charge >= 0.3 is 0 Å². The Morgan fingerprint density at radius 2 is 1.69 bits per heavy atom. The number of hydrogen-bond donors (Lipinski definition) is 1. The fourth-order valence-corrected chi connectivity index (χ4v) is 4.32. The summed E-state index contributed by atoms with van der Waals surface area (Å²) in [6.07, 6.45) is 0. The van der Waals surface area contributed by atoms with Crippen LogP contribution in [0.3, 0.4) is 0 Å². The van der Waals surface area contributed by atoms with E-state index < -0.39 is 10.0 Å². The average molecular weight is 369 g/mol. The highest BCUT2D eigenvalue weighted by molar-refractivity contribution is 7.89. The van der Waals surface area contributed by atoms with Crippen LogP contribution in [0, 0.1) is 27.7 Å². The monoisotopic (exact) mass is 369 g/mol. The highest BCUT2D eigenvalue weighted by Crippen LogP contribution is 2.20. The van der Waals surface area contributed by atoms with E-state index in [2.05, 4.69) is 9.82 Å².